The molecule has 0 saturated carbocycles. The van der Waals surface area contributed by atoms with Crippen LogP contribution in [0.2, 0.25) is 0 Å². The zero-order chi connectivity index (χ0) is 18.1. The highest BCUT2D eigenvalue weighted by Crippen LogP contribution is 2.48. The summed E-state index contributed by atoms with van der Waals surface area (Å²) in [6.07, 6.45) is 2.85. The molecular weight excluding hydrogens is 306 g/mol. The van der Waals surface area contributed by atoms with E-state index < -0.39 is 17.6 Å². The molecule has 1 N–H and O–H groups in total. The second kappa shape index (κ2) is 6.30. The molecule has 0 radical (unpaired) electrons. The van der Waals surface area contributed by atoms with Crippen LogP contribution >= 0.6 is 0 Å². The maximum atomic E-state index is 11.8. The maximum absolute atomic E-state index is 11.8. The van der Waals surface area contributed by atoms with E-state index in [0.717, 1.165) is 16.7 Å². The van der Waals surface area contributed by atoms with Gasteiger partial charge < -0.3 is 9.84 Å². The lowest BCUT2D eigenvalue weighted by molar-refractivity contribution is -0.134. The Kier molecular flexibility index (Phi) is 4.74. The number of nitrogens with zero attached hydrogens (tertiary/aromatic N) is 1. The summed E-state index contributed by atoms with van der Waals surface area (Å²) in [5, 5.41) is 9.69. The number of methoxy groups -OCH3 is 1. The fraction of sp³-hybridized carbons (Fsp3) is 0.474. The Labute approximate surface area is 142 Å². The number of rotatable bonds is 2. The van der Waals surface area contributed by atoms with E-state index in [1.54, 1.807) is 6.08 Å². The van der Waals surface area contributed by atoms with Gasteiger partial charge in [-0.15, -0.1) is 0 Å². The number of ether oxygens (including phenoxy) is 1. The minimum atomic E-state index is -0.909. The van der Waals surface area contributed by atoms with Crippen molar-refractivity contribution in [2.45, 2.75) is 39.7 Å². The lowest BCUT2D eigenvalue weighted by Gasteiger charge is -2.52. The van der Waals surface area contributed by atoms with Crippen LogP contribution < -0.4 is 0 Å². The first-order valence-corrected chi connectivity index (χ1v) is 8.02. The van der Waals surface area contributed by atoms with E-state index in [4.69, 9.17) is 0 Å². The van der Waals surface area contributed by atoms with Crippen molar-refractivity contribution in [1.29, 1.82) is 0 Å². The molecule has 0 fully saturated rings. The highest BCUT2D eigenvalue weighted by atomic mass is 16.5. The molecule has 1 aromatic carbocycles. The molecule has 0 unspecified atom stereocenters. The van der Waals surface area contributed by atoms with Gasteiger partial charge in [0.1, 0.15) is 0 Å². The number of hydrogen-bond donors (Lipinski definition) is 1. The molecule has 0 aliphatic carbocycles. The van der Waals surface area contributed by atoms with Crippen LogP contribution in [0.4, 0.5) is 4.79 Å². The number of hydrogen-bond acceptors (Lipinski definition) is 3. The molecule has 1 amide bonds. The zero-order valence-corrected chi connectivity index (χ0v) is 14.9. The molecule has 2 rings (SSSR count). The molecule has 1 aromatic rings. The molecule has 130 valence electrons. The van der Waals surface area contributed by atoms with Crippen molar-refractivity contribution in [2.75, 3.05) is 13.7 Å². The fourth-order valence-electron chi connectivity index (χ4n) is 3.41. The quantitative estimate of drug-likeness (QED) is 0.663. The second-order valence-electron chi connectivity index (χ2n) is 7.24. The summed E-state index contributed by atoms with van der Waals surface area (Å²) in [4.78, 5) is 24.7. The third kappa shape index (κ3) is 2.90. The molecule has 1 atom stereocenters. The van der Waals surface area contributed by atoms with Crippen molar-refractivity contribution in [3.8, 4) is 0 Å². The Balaban J connectivity index is 2.62. The highest BCUT2D eigenvalue weighted by Gasteiger charge is 2.49. The van der Waals surface area contributed by atoms with Crippen molar-refractivity contribution in [1.82, 2.24) is 4.90 Å². The van der Waals surface area contributed by atoms with Crippen LogP contribution in [-0.2, 0) is 21.5 Å². The fourth-order valence-corrected chi connectivity index (χ4v) is 3.41. The predicted molar refractivity (Wildman–Crippen MR) is 92.7 cm³/mol. The maximum Gasteiger partial charge on any atom is 0.408 e. The smallest absolute Gasteiger partial charge is 0.408 e. The summed E-state index contributed by atoms with van der Waals surface area (Å²) in [7, 11) is 1.34. The number of carbonyl (C=O) groups is 2. The molecule has 5 heteroatoms. The molecular formula is C19H25NO4. The number of carbonyl (C=O) groups excluding carboxylic acids is 1. The first-order chi connectivity index (χ1) is 11.1. The number of carboxylic acid groups (broad SMARTS) is 1. The zero-order valence-electron chi connectivity index (χ0n) is 14.9. The van der Waals surface area contributed by atoms with E-state index >= 15 is 0 Å². The monoisotopic (exact) mass is 331 g/mol. The van der Waals surface area contributed by atoms with Gasteiger partial charge >= 0.3 is 12.1 Å². The lowest BCUT2D eigenvalue weighted by Crippen LogP contribution is -2.57. The molecule has 0 bridgehead atoms. The van der Waals surface area contributed by atoms with Gasteiger partial charge in [0.25, 0.3) is 0 Å². The molecule has 1 heterocycles. The Morgan fingerprint density at radius 1 is 1.33 bits per heavy atom. The van der Waals surface area contributed by atoms with Gasteiger partial charge in [-0.25, -0.2) is 9.59 Å². The van der Waals surface area contributed by atoms with E-state index in [9.17, 15) is 14.7 Å². The Morgan fingerprint density at radius 2 is 2.00 bits per heavy atom. The van der Waals surface area contributed by atoms with Gasteiger partial charge in [-0.2, -0.15) is 0 Å². The lowest BCUT2D eigenvalue weighted by atomic mass is 9.66. The van der Waals surface area contributed by atoms with Crippen LogP contribution in [0.15, 0.2) is 24.3 Å². The summed E-state index contributed by atoms with van der Waals surface area (Å²) in [5.41, 5.74) is 2.08. The van der Waals surface area contributed by atoms with Crippen LogP contribution in [0.5, 0.6) is 0 Å². The first kappa shape index (κ1) is 18.0. The number of esters is 1. The van der Waals surface area contributed by atoms with Gasteiger partial charge in [0.05, 0.1) is 12.6 Å². The van der Waals surface area contributed by atoms with Gasteiger partial charge in [-0.3, -0.25) is 4.90 Å². The Morgan fingerprint density at radius 3 is 2.54 bits per heavy atom. The van der Waals surface area contributed by atoms with Crippen molar-refractivity contribution in [3.05, 3.63) is 41.0 Å². The van der Waals surface area contributed by atoms with Crippen LogP contribution in [0.25, 0.3) is 6.08 Å². The summed E-state index contributed by atoms with van der Waals surface area (Å²) in [6, 6.07) is 5.84. The highest BCUT2D eigenvalue weighted by molar-refractivity contribution is 5.87. The number of benzene rings is 1. The van der Waals surface area contributed by atoms with Crippen LogP contribution in [0.3, 0.4) is 0 Å². The van der Waals surface area contributed by atoms with Gasteiger partial charge in [-0.05, 0) is 41.5 Å². The van der Waals surface area contributed by atoms with Crippen LogP contribution in [0, 0.1) is 5.41 Å². The summed E-state index contributed by atoms with van der Waals surface area (Å²) in [5.74, 6) is -0.408. The average Bonchev–Trinajstić information content (AvgIpc) is 2.51. The summed E-state index contributed by atoms with van der Waals surface area (Å²) in [6.45, 7) is 8.56. The van der Waals surface area contributed by atoms with E-state index in [2.05, 4.69) is 25.5 Å². The van der Waals surface area contributed by atoms with Crippen molar-refractivity contribution < 1.29 is 19.4 Å². The average molecular weight is 331 g/mol. The molecule has 0 saturated heterocycles. The van der Waals surface area contributed by atoms with Crippen molar-refractivity contribution in [3.63, 3.8) is 0 Å². The topological polar surface area (TPSA) is 66.8 Å². The minimum Gasteiger partial charge on any atom is -0.466 e. The summed E-state index contributed by atoms with van der Waals surface area (Å²) >= 11 is 0. The molecule has 1 aliphatic heterocycles. The molecule has 24 heavy (non-hydrogen) atoms. The largest absolute Gasteiger partial charge is 0.466 e. The van der Waals surface area contributed by atoms with Crippen LogP contribution in [-0.4, -0.2) is 35.7 Å². The Hall–Kier alpha value is -2.30. The molecule has 0 spiro atoms. The van der Waals surface area contributed by atoms with E-state index in [1.807, 2.05) is 25.1 Å². The van der Waals surface area contributed by atoms with E-state index in [1.165, 1.54) is 18.1 Å². The third-order valence-electron chi connectivity index (χ3n) is 5.15. The first-order valence-electron chi connectivity index (χ1n) is 8.02. The van der Waals surface area contributed by atoms with Crippen LogP contribution in [0.1, 0.15) is 44.4 Å². The van der Waals surface area contributed by atoms with Gasteiger partial charge in [0, 0.05) is 12.6 Å². The SMILES string of the molecule is COC(=O)/C=C/c1cccc2c1CCN(C(=O)O)[C@@]2(C)C(C)(C)C. The minimum absolute atomic E-state index is 0.286. The number of fused-ring (bicyclic) bond motifs is 1. The van der Waals surface area contributed by atoms with Gasteiger partial charge in [0.15, 0.2) is 0 Å². The van der Waals surface area contributed by atoms with E-state index in [-0.39, 0.29) is 5.41 Å². The molecule has 0 aromatic heterocycles. The standard InChI is InChI=1S/C19H25NO4/c1-18(2,3)19(4)15-8-6-7-13(9-10-16(21)24-5)14(15)11-12-20(19)17(22)23/h6-10H,11-12H2,1-5H3,(H,22,23)/b10-9+/t19-/m1/s1. The third-order valence-corrected chi connectivity index (χ3v) is 5.15. The van der Waals surface area contributed by atoms with Gasteiger partial charge in [-0.1, -0.05) is 39.0 Å². The predicted octanol–water partition coefficient (Wildman–Crippen LogP) is 3.67. The van der Waals surface area contributed by atoms with Crippen molar-refractivity contribution in [2.24, 2.45) is 5.41 Å². The van der Waals surface area contributed by atoms with E-state index in [0.29, 0.717) is 13.0 Å². The number of amides is 1. The summed E-state index contributed by atoms with van der Waals surface area (Å²) < 4.78 is 4.65. The molecule has 5 nitrogen and oxygen atoms in total. The van der Waals surface area contributed by atoms with Crippen molar-refractivity contribution >= 4 is 18.1 Å². The Bertz CT molecular complexity index is 687. The normalized spacial score (nSPS) is 20.8. The van der Waals surface area contributed by atoms with Gasteiger partial charge in [0.2, 0.25) is 0 Å². The second-order valence-corrected chi connectivity index (χ2v) is 7.24. The molecule has 1 aliphatic rings.